The zero-order chi connectivity index (χ0) is 11.9. The molecule has 7 heteroatoms. The molecule has 0 radical (unpaired) electrons. The van der Waals surface area contributed by atoms with Crippen molar-refractivity contribution < 1.29 is 34.3 Å². The van der Waals surface area contributed by atoms with Crippen molar-refractivity contribution in [3.63, 3.8) is 0 Å². The Kier molecular flexibility index (Phi) is 3.19. The van der Waals surface area contributed by atoms with Crippen LogP contribution in [0.25, 0.3) is 0 Å². The lowest BCUT2D eigenvalue weighted by Crippen LogP contribution is -2.57. The molecule has 6 atom stereocenters. The highest BCUT2D eigenvalue weighted by Gasteiger charge is 2.55. The van der Waals surface area contributed by atoms with E-state index in [4.69, 9.17) is 24.1 Å². The van der Waals surface area contributed by atoms with Gasteiger partial charge in [0.15, 0.2) is 6.29 Å². The van der Waals surface area contributed by atoms with Gasteiger partial charge in [-0.2, -0.15) is 0 Å². The average molecular weight is 236 g/mol. The Bertz CT molecular complexity index is 260. The Morgan fingerprint density at radius 3 is 2.50 bits per heavy atom. The van der Waals surface area contributed by atoms with E-state index < -0.39 is 43.3 Å². The summed E-state index contributed by atoms with van der Waals surface area (Å²) in [5.41, 5.74) is 0. The van der Waals surface area contributed by atoms with Gasteiger partial charge in [-0.25, -0.2) is 0 Å². The molecule has 0 aromatic heterocycles. The van der Waals surface area contributed by atoms with Crippen molar-refractivity contribution in [3.8, 4) is 0 Å². The molecule has 7 nitrogen and oxygen atoms in total. The van der Waals surface area contributed by atoms with Gasteiger partial charge in [-0.1, -0.05) is 0 Å². The highest BCUT2D eigenvalue weighted by molar-refractivity contribution is 4.93. The maximum Gasteiger partial charge on any atom is 0.282 e. The fourth-order valence-corrected chi connectivity index (χ4v) is 1.86. The molecule has 0 saturated carbocycles. The van der Waals surface area contributed by atoms with Gasteiger partial charge in [0.2, 0.25) is 0 Å². The molecule has 0 aliphatic carbocycles. The van der Waals surface area contributed by atoms with E-state index in [1.807, 2.05) is 0 Å². The zero-order valence-electron chi connectivity index (χ0n) is 9.07. The minimum absolute atomic E-state index is 0.408. The summed E-state index contributed by atoms with van der Waals surface area (Å²) in [6.45, 7) is 1.12. The van der Waals surface area contributed by atoms with Crippen molar-refractivity contribution in [2.45, 2.75) is 43.6 Å². The number of fused-ring (bicyclic) bond motifs is 1. The number of ether oxygens (including phenoxy) is 4. The maximum atomic E-state index is 9.78. The minimum atomic E-state index is -1.31. The van der Waals surface area contributed by atoms with E-state index in [9.17, 15) is 10.2 Å². The number of hydrogen-bond donors (Lipinski definition) is 3. The summed E-state index contributed by atoms with van der Waals surface area (Å²) in [6.07, 6.45) is -4.98. The van der Waals surface area contributed by atoms with Crippen LogP contribution in [0.4, 0.5) is 0 Å². The second-order valence-electron chi connectivity index (χ2n) is 3.97. The first-order valence-electron chi connectivity index (χ1n) is 5.04. The maximum absolute atomic E-state index is 9.78. The summed E-state index contributed by atoms with van der Waals surface area (Å²) in [4.78, 5) is 0. The van der Waals surface area contributed by atoms with Crippen LogP contribution in [0.15, 0.2) is 0 Å². The molecular weight excluding hydrogens is 220 g/mol. The third kappa shape index (κ3) is 1.84. The molecule has 0 unspecified atom stereocenters. The fourth-order valence-electron chi connectivity index (χ4n) is 1.86. The molecule has 2 rings (SSSR count). The van der Waals surface area contributed by atoms with E-state index in [1.165, 1.54) is 14.0 Å². The Morgan fingerprint density at radius 1 is 1.25 bits per heavy atom. The largest absolute Gasteiger partial charge is 0.394 e. The molecular formula is C9H16O7. The molecule has 94 valence electrons. The van der Waals surface area contributed by atoms with Crippen molar-refractivity contribution in [2.24, 2.45) is 0 Å². The van der Waals surface area contributed by atoms with E-state index in [2.05, 4.69) is 0 Å². The standard InChI is InChI=1S/C9H16O7/c1-9(13-2)15-7-6(12)5(11)4(3-10)14-8(7)16-9/h4-8,10-12H,3H2,1-2H3/t4-,5+,6+,7-,8-,9+/m0/s1. The first-order chi connectivity index (χ1) is 7.50. The summed E-state index contributed by atoms with van der Waals surface area (Å²) < 4.78 is 20.8. The number of aliphatic hydroxyl groups excluding tert-OH is 3. The third-order valence-electron chi connectivity index (χ3n) is 2.88. The molecule has 16 heavy (non-hydrogen) atoms. The van der Waals surface area contributed by atoms with E-state index in [0.29, 0.717) is 0 Å². The summed E-state index contributed by atoms with van der Waals surface area (Å²) in [5, 5.41) is 28.4. The second kappa shape index (κ2) is 4.19. The lowest BCUT2D eigenvalue weighted by atomic mass is 9.99. The van der Waals surface area contributed by atoms with Crippen molar-refractivity contribution in [2.75, 3.05) is 13.7 Å². The van der Waals surface area contributed by atoms with Gasteiger partial charge in [0.25, 0.3) is 5.97 Å². The average Bonchev–Trinajstić information content (AvgIpc) is 2.62. The van der Waals surface area contributed by atoms with Gasteiger partial charge in [0, 0.05) is 14.0 Å². The van der Waals surface area contributed by atoms with Crippen molar-refractivity contribution in [1.29, 1.82) is 0 Å². The van der Waals surface area contributed by atoms with Crippen LogP contribution >= 0.6 is 0 Å². The predicted octanol–water partition coefficient (Wildman–Crippen LogP) is -1.84. The topological polar surface area (TPSA) is 97.6 Å². The van der Waals surface area contributed by atoms with Crippen LogP contribution in [0.3, 0.4) is 0 Å². The van der Waals surface area contributed by atoms with Crippen molar-refractivity contribution in [1.82, 2.24) is 0 Å². The van der Waals surface area contributed by atoms with Crippen LogP contribution in [0.2, 0.25) is 0 Å². The van der Waals surface area contributed by atoms with Gasteiger partial charge >= 0.3 is 0 Å². The molecule has 2 fully saturated rings. The number of rotatable bonds is 2. The van der Waals surface area contributed by atoms with Crippen LogP contribution in [0.5, 0.6) is 0 Å². The Hall–Kier alpha value is -0.280. The van der Waals surface area contributed by atoms with Crippen molar-refractivity contribution in [3.05, 3.63) is 0 Å². The normalized spacial score (nSPS) is 52.7. The third-order valence-corrected chi connectivity index (χ3v) is 2.88. The first kappa shape index (κ1) is 12.2. The van der Waals surface area contributed by atoms with Crippen LogP contribution in [-0.4, -0.2) is 65.7 Å². The Balaban J connectivity index is 2.13. The molecule has 2 heterocycles. The van der Waals surface area contributed by atoms with E-state index in [-0.39, 0.29) is 0 Å². The van der Waals surface area contributed by atoms with Crippen molar-refractivity contribution >= 4 is 0 Å². The second-order valence-corrected chi connectivity index (χ2v) is 3.97. The van der Waals surface area contributed by atoms with Crippen LogP contribution in [0.1, 0.15) is 6.92 Å². The monoisotopic (exact) mass is 236 g/mol. The smallest absolute Gasteiger partial charge is 0.282 e. The van der Waals surface area contributed by atoms with Gasteiger partial charge in [-0.3, -0.25) is 4.74 Å². The molecule has 2 aliphatic rings. The fraction of sp³-hybridized carbons (Fsp3) is 1.00. The van der Waals surface area contributed by atoms with E-state index in [1.54, 1.807) is 0 Å². The molecule has 0 amide bonds. The number of aliphatic hydroxyl groups is 3. The molecule has 2 saturated heterocycles. The highest BCUT2D eigenvalue weighted by atomic mass is 16.9. The summed E-state index contributed by atoms with van der Waals surface area (Å²) >= 11 is 0. The summed E-state index contributed by atoms with van der Waals surface area (Å²) in [5.74, 6) is -1.31. The van der Waals surface area contributed by atoms with Gasteiger partial charge in [-0.15, -0.1) is 0 Å². The molecule has 0 aromatic rings. The van der Waals surface area contributed by atoms with Gasteiger partial charge < -0.3 is 29.5 Å². The van der Waals surface area contributed by atoms with Crippen LogP contribution in [0, 0.1) is 0 Å². The lowest BCUT2D eigenvalue weighted by Gasteiger charge is -2.36. The predicted molar refractivity (Wildman–Crippen MR) is 49.1 cm³/mol. The highest BCUT2D eigenvalue weighted by Crippen LogP contribution is 2.36. The molecule has 0 bridgehead atoms. The van der Waals surface area contributed by atoms with Gasteiger partial charge in [0.1, 0.15) is 24.4 Å². The first-order valence-corrected chi connectivity index (χ1v) is 5.04. The molecule has 0 aromatic carbocycles. The van der Waals surface area contributed by atoms with Crippen LogP contribution < -0.4 is 0 Å². The molecule has 0 spiro atoms. The Labute approximate surface area is 92.5 Å². The van der Waals surface area contributed by atoms with Gasteiger partial charge in [0.05, 0.1) is 6.61 Å². The quantitative estimate of drug-likeness (QED) is 0.518. The summed E-state index contributed by atoms with van der Waals surface area (Å²) in [7, 11) is 1.39. The molecule has 3 N–H and O–H groups in total. The number of hydrogen-bond acceptors (Lipinski definition) is 7. The van der Waals surface area contributed by atoms with Gasteiger partial charge in [-0.05, 0) is 0 Å². The number of methoxy groups -OCH3 is 1. The van der Waals surface area contributed by atoms with E-state index in [0.717, 1.165) is 0 Å². The lowest BCUT2D eigenvalue weighted by molar-refractivity contribution is -0.334. The Morgan fingerprint density at radius 2 is 1.94 bits per heavy atom. The minimum Gasteiger partial charge on any atom is -0.394 e. The SMILES string of the molecule is CO[C@@]1(C)O[C@@H]2O[C@@H](CO)[C@@H](O)[C@@H](O)[C@@H]2O1. The molecule has 2 aliphatic heterocycles. The van der Waals surface area contributed by atoms with E-state index >= 15 is 0 Å². The van der Waals surface area contributed by atoms with Crippen LogP contribution in [-0.2, 0) is 18.9 Å². The summed E-state index contributed by atoms with van der Waals surface area (Å²) in [6, 6.07) is 0. The zero-order valence-corrected chi connectivity index (χ0v) is 9.07.